The summed E-state index contributed by atoms with van der Waals surface area (Å²) in [5, 5.41) is 1.41. The number of nitrogens with one attached hydrogen (secondary N) is 1. The van der Waals surface area contributed by atoms with Crippen LogP contribution in [0.25, 0.3) is 10.9 Å². The van der Waals surface area contributed by atoms with Gasteiger partial charge >= 0.3 is 0 Å². The predicted molar refractivity (Wildman–Crippen MR) is 81.5 cm³/mol. The molecule has 0 amide bonds. The molecule has 0 aliphatic heterocycles. The summed E-state index contributed by atoms with van der Waals surface area (Å²) in [4.78, 5) is 3.45. The van der Waals surface area contributed by atoms with E-state index in [9.17, 15) is 0 Å². The van der Waals surface area contributed by atoms with Crippen molar-refractivity contribution in [1.29, 1.82) is 0 Å². The number of nitrogens with two attached hydrogens (primary N) is 1. The fraction of sp³-hybridized carbons (Fsp3) is 0.529. The number of hydrogen-bond acceptors (Lipinski definition) is 1. The maximum atomic E-state index is 6.10. The van der Waals surface area contributed by atoms with Crippen LogP contribution in [0.2, 0.25) is 0 Å². The topological polar surface area (TPSA) is 41.8 Å². The maximum Gasteiger partial charge on any atom is 0.0462 e. The van der Waals surface area contributed by atoms with Gasteiger partial charge in [-0.2, -0.15) is 0 Å². The smallest absolute Gasteiger partial charge is 0.0462 e. The van der Waals surface area contributed by atoms with Crippen LogP contribution in [0.5, 0.6) is 0 Å². The minimum atomic E-state index is 0.526. The van der Waals surface area contributed by atoms with Crippen LogP contribution in [0.15, 0.2) is 18.3 Å². The van der Waals surface area contributed by atoms with E-state index in [2.05, 4.69) is 37.2 Å². The predicted octanol–water partition coefficient (Wildman–Crippen LogP) is 4.02. The molecule has 3 N–H and O–H groups in total. The number of aromatic nitrogens is 1. The Bertz CT molecular complexity index is 576. The molecule has 0 spiro atoms. The van der Waals surface area contributed by atoms with Crippen molar-refractivity contribution in [3.63, 3.8) is 0 Å². The molecule has 1 saturated carbocycles. The Hall–Kier alpha value is -1.28. The van der Waals surface area contributed by atoms with Crippen LogP contribution >= 0.6 is 0 Å². The van der Waals surface area contributed by atoms with Crippen LogP contribution in [0.1, 0.15) is 48.3 Å². The molecule has 19 heavy (non-hydrogen) atoms. The van der Waals surface area contributed by atoms with E-state index in [0.717, 1.165) is 12.5 Å². The minimum Gasteiger partial charge on any atom is -0.361 e. The average molecular weight is 256 g/mol. The second-order valence-corrected chi connectivity index (χ2v) is 6.14. The number of rotatable bonds is 3. The first-order valence-electron chi connectivity index (χ1n) is 7.49. The molecule has 1 unspecified atom stereocenters. The third-order valence-electron chi connectivity index (χ3n) is 4.77. The lowest BCUT2D eigenvalue weighted by Gasteiger charge is -2.22. The lowest BCUT2D eigenvalue weighted by atomic mass is 9.84. The molecule has 1 aromatic heterocycles. The summed E-state index contributed by atoms with van der Waals surface area (Å²) < 4.78 is 0. The lowest BCUT2D eigenvalue weighted by molar-refractivity contribution is 0.442. The summed E-state index contributed by atoms with van der Waals surface area (Å²) in [6.07, 6.45) is 7.65. The third-order valence-corrected chi connectivity index (χ3v) is 4.77. The van der Waals surface area contributed by atoms with Gasteiger partial charge in [0, 0.05) is 23.0 Å². The Labute approximate surface area is 115 Å². The van der Waals surface area contributed by atoms with Crippen molar-refractivity contribution in [3.8, 4) is 0 Å². The van der Waals surface area contributed by atoms with Crippen molar-refractivity contribution in [1.82, 2.24) is 4.98 Å². The standard InChI is InChI=1S/C17H24N2/c1-11-7-12(2)17-15(10-19-16(17)8-11)14(9-18)13-5-3-4-6-13/h7-8,10,13-14,19H,3-6,9,18H2,1-2H3. The molecule has 1 atom stereocenters. The highest BCUT2D eigenvalue weighted by molar-refractivity contribution is 5.87. The van der Waals surface area contributed by atoms with Gasteiger partial charge < -0.3 is 10.7 Å². The number of hydrogen-bond donors (Lipinski definition) is 2. The van der Waals surface area contributed by atoms with Gasteiger partial charge in [0.05, 0.1) is 0 Å². The molecule has 1 aromatic carbocycles. The first-order valence-corrected chi connectivity index (χ1v) is 7.49. The molecule has 1 heterocycles. The molecule has 0 radical (unpaired) electrons. The van der Waals surface area contributed by atoms with Gasteiger partial charge in [0.1, 0.15) is 0 Å². The number of H-pyrrole nitrogens is 1. The van der Waals surface area contributed by atoms with Gasteiger partial charge in [0.15, 0.2) is 0 Å². The van der Waals surface area contributed by atoms with Crippen molar-refractivity contribution in [2.24, 2.45) is 11.7 Å². The van der Waals surface area contributed by atoms with Crippen molar-refractivity contribution in [2.75, 3.05) is 6.54 Å². The van der Waals surface area contributed by atoms with Gasteiger partial charge in [-0.1, -0.05) is 18.9 Å². The molecular weight excluding hydrogens is 232 g/mol. The molecule has 1 fully saturated rings. The van der Waals surface area contributed by atoms with Gasteiger partial charge in [0.2, 0.25) is 0 Å². The van der Waals surface area contributed by atoms with Gasteiger partial charge in [-0.3, -0.25) is 0 Å². The average Bonchev–Trinajstić information content (AvgIpc) is 3.00. The zero-order valence-corrected chi connectivity index (χ0v) is 12.0. The van der Waals surface area contributed by atoms with E-state index in [-0.39, 0.29) is 0 Å². The zero-order valence-electron chi connectivity index (χ0n) is 12.0. The molecule has 2 heteroatoms. The highest BCUT2D eigenvalue weighted by atomic mass is 14.7. The Morgan fingerprint density at radius 2 is 2.00 bits per heavy atom. The van der Waals surface area contributed by atoms with E-state index in [1.54, 1.807) is 0 Å². The molecule has 2 aromatic rings. The summed E-state index contributed by atoms with van der Waals surface area (Å²) >= 11 is 0. The second-order valence-electron chi connectivity index (χ2n) is 6.14. The van der Waals surface area contributed by atoms with Crippen LogP contribution in [-0.4, -0.2) is 11.5 Å². The molecule has 3 rings (SSSR count). The molecule has 0 bridgehead atoms. The molecular formula is C17H24N2. The van der Waals surface area contributed by atoms with Crippen LogP contribution < -0.4 is 5.73 Å². The molecule has 1 aliphatic rings. The molecule has 1 aliphatic carbocycles. The minimum absolute atomic E-state index is 0.526. The number of aromatic amines is 1. The molecule has 2 nitrogen and oxygen atoms in total. The normalized spacial score (nSPS) is 18.3. The van der Waals surface area contributed by atoms with E-state index in [1.165, 1.54) is 53.3 Å². The van der Waals surface area contributed by atoms with Crippen molar-refractivity contribution in [2.45, 2.75) is 45.4 Å². The van der Waals surface area contributed by atoms with Crippen LogP contribution in [0.4, 0.5) is 0 Å². The fourth-order valence-corrected chi connectivity index (χ4v) is 3.92. The Balaban J connectivity index is 2.08. The van der Waals surface area contributed by atoms with E-state index >= 15 is 0 Å². The van der Waals surface area contributed by atoms with Gasteiger partial charge in [-0.25, -0.2) is 0 Å². The van der Waals surface area contributed by atoms with Gasteiger partial charge in [-0.15, -0.1) is 0 Å². The number of benzene rings is 1. The Morgan fingerprint density at radius 3 is 2.68 bits per heavy atom. The summed E-state index contributed by atoms with van der Waals surface area (Å²) in [6.45, 7) is 5.14. The third kappa shape index (κ3) is 2.18. The van der Waals surface area contributed by atoms with Crippen LogP contribution in [0, 0.1) is 19.8 Å². The van der Waals surface area contributed by atoms with Crippen molar-refractivity contribution < 1.29 is 0 Å². The summed E-state index contributed by atoms with van der Waals surface area (Å²) in [5.41, 5.74) is 11.5. The van der Waals surface area contributed by atoms with Crippen molar-refractivity contribution >= 4 is 10.9 Å². The van der Waals surface area contributed by atoms with Gasteiger partial charge in [0.25, 0.3) is 0 Å². The fourth-order valence-electron chi connectivity index (χ4n) is 3.92. The highest BCUT2D eigenvalue weighted by Gasteiger charge is 2.27. The quantitative estimate of drug-likeness (QED) is 0.855. The van der Waals surface area contributed by atoms with Gasteiger partial charge in [-0.05, 0) is 61.9 Å². The Kier molecular flexibility index (Phi) is 3.36. The lowest BCUT2D eigenvalue weighted by Crippen LogP contribution is -2.19. The van der Waals surface area contributed by atoms with Crippen molar-refractivity contribution in [3.05, 3.63) is 35.0 Å². The molecule has 0 saturated heterocycles. The van der Waals surface area contributed by atoms with Crippen LogP contribution in [0.3, 0.4) is 0 Å². The maximum absolute atomic E-state index is 6.10. The number of fused-ring (bicyclic) bond motifs is 1. The Morgan fingerprint density at radius 1 is 1.26 bits per heavy atom. The van der Waals surface area contributed by atoms with E-state index in [1.807, 2.05) is 0 Å². The summed E-state index contributed by atoms with van der Waals surface area (Å²) in [6, 6.07) is 4.52. The van der Waals surface area contributed by atoms with E-state index in [4.69, 9.17) is 5.73 Å². The van der Waals surface area contributed by atoms with Crippen LogP contribution in [-0.2, 0) is 0 Å². The SMILES string of the molecule is Cc1cc(C)c2c(C(CN)C3CCCC3)c[nH]c2c1. The highest BCUT2D eigenvalue weighted by Crippen LogP contribution is 2.40. The second kappa shape index (κ2) is 5.01. The largest absolute Gasteiger partial charge is 0.361 e. The molecule has 102 valence electrons. The monoisotopic (exact) mass is 256 g/mol. The summed E-state index contributed by atoms with van der Waals surface area (Å²) in [7, 11) is 0. The first-order chi connectivity index (χ1) is 9.20. The van der Waals surface area contributed by atoms with E-state index < -0.39 is 0 Å². The zero-order chi connectivity index (χ0) is 13.4. The summed E-state index contributed by atoms with van der Waals surface area (Å²) in [5.74, 6) is 1.31. The number of aryl methyl sites for hydroxylation is 2. The van der Waals surface area contributed by atoms with E-state index in [0.29, 0.717) is 5.92 Å². The first kappa shape index (κ1) is 12.7.